The number of amides is 4. The third-order valence-corrected chi connectivity index (χ3v) is 9.21. The second kappa shape index (κ2) is 16.9. The second-order valence-electron chi connectivity index (χ2n) is 10.6. The Balaban J connectivity index is 1.26. The Labute approximate surface area is 296 Å². The number of hydrogen-bond acceptors (Lipinski definition) is 9. The first-order chi connectivity index (χ1) is 24.2. The van der Waals surface area contributed by atoms with Crippen molar-refractivity contribution in [2.45, 2.75) is 11.8 Å². The number of rotatable bonds is 12. The normalized spacial score (nSPS) is 10.9. The van der Waals surface area contributed by atoms with Crippen molar-refractivity contribution in [3.63, 3.8) is 0 Å². The second-order valence-corrected chi connectivity index (χ2v) is 12.6. The SMILES string of the molecule is COC(=O)c1c(NC(=O)CSc2cccc(NC(=O)/C(=C/c3cccnc3)NC(=O)c3ccccc3)c2)sc(C(=O)Nc2ccccc2)c1C. The molecule has 13 heteroatoms. The minimum absolute atomic E-state index is 0.00811. The number of para-hydroxylation sites is 1. The molecule has 0 unspecified atom stereocenters. The number of carbonyl (C=O) groups is 5. The molecule has 0 fully saturated rings. The van der Waals surface area contributed by atoms with Gasteiger partial charge in [0.1, 0.15) is 10.7 Å². The lowest BCUT2D eigenvalue weighted by molar-refractivity contribution is -0.114. The molecule has 0 aliphatic rings. The fourth-order valence-corrected chi connectivity index (χ4v) is 6.48. The van der Waals surface area contributed by atoms with Gasteiger partial charge >= 0.3 is 5.97 Å². The van der Waals surface area contributed by atoms with Crippen LogP contribution in [0.3, 0.4) is 0 Å². The van der Waals surface area contributed by atoms with Crippen LogP contribution in [0.15, 0.2) is 120 Å². The number of nitrogens with zero attached hydrogens (tertiary/aromatic N) is 1. The van der Waals surface area contributed by atoms with Gasteiger partial charge in [0.05, 0.1) is 23.3 Å². The molecule has 4 amide bonds. The van der Waals surface area contributed by atoms with E-state index in [1.165, 1.54) is 24.9 Å². The fourth-order valence-electron chi connectivity index (χ4n) is 4.62. The predicted molar refractivity (Wildman–Crippen MR) is 195 cm³/mol. The molecule has 0 saturated carbocycles. The van der Waals surface area contributed by atoms with E-state index in [1.54, 1.807) is 110 Å². The van der Waals surface area contributed by atoms with Crippen LogP contribution in [0.1, 0.15) is 41.5 Å². The van der Waals surface area contributed by atoms with Gasteiger partial charge in [0, 0.05) is 34.2 Å². The summed E-state index contributed by atoms with van der Waals surface area (Å²) in [5.41, 5.74) is 2.52. The fraction of sp³-hybridized carbons (Fsp3) is 0.0811. The summed E-state index contributed by atoms with van der Waals surface area (Å²) in [7, 11) is 1.23. The van der Waals surface area contributed by atoms with Crippen LogP contribution in [-0.4, -0.2) is 47.4 Å². The number of thiophene rings is 1. The number of hydrogen-bond donors (Lipinski definition) is 4. The minimum atomic E-state index is -0.680. The Hall–Kier alpha value is -6.05. The van der Waals surface area contributed by atoms with Crippen molar-refractivity contribution < 1.29 is 28.7 Å². The highest BCUT2D eigenvalue weighted by Crippen LogP contribution is 2.34. The number of benzene rings is 3. The molecule has 0 spiro atoms. The molecule has 0 atom stereocenters. The number of carbonyl (C=O) groups excluding carboxylic acids is 5. The molecule has 11 nitrogen and oxygen atoms in total. The smallest absolute Gasteiger partial charge is 0.341 e. The minimum Gasteiger partial charge on any atom is -0.465 e. The Morgan fingerprint density at radius 1 is 0.820 bits per heavy atom. The molecule has 252 valence electrons. The molecule has 0 radical (unpaired) electrons. The summed E-state index contributed by atoms with van der Waals surface area (Å²) in [6.07, 6.45) is 4.69. The lowest BCUT2D eigenvalue weighted by Gasteiger charge is -2.12. The standard InChI is InChI=1S/C37H31N5O6S2/c1-23-31(37(47)48-2)36(50-32(23)35(46)39-26-14-7-4-8-15-26)42-30(43)22-49-28-17-9-16-27(20-28)40-34(45)29(19-24-11-10-18-38-21-24)41-33(44)25-12-5-3-6-13-25/h3-21H,22H2,1-2H3,(H,39,46)(H,40,45)(H,41,44)(H,42,43)/b29-19-. The maximum absolute atomic E-state index is 13.4. The Bertz CT molecular complexity index is 2050. The topological polar surface area (TPSA) is 156 Å². The van der Waals surface area contributed by atoms with Crippen LogP contribution >= 0.6 is 23.1 Å². The van der Waals surface area contributed by atoms with Crippen molar-refractivity contribution in [3.8, 4) is 0 Å². The average Bonchev–Trinajstić information content (AvgIpc) is 3.46. The molecule has 0 saturated heterocycles. The Kier molecular flexibility index (Phi) is 11.9. The average molecular weight is 706 g/mol. The van der Waals surface area contributed by atoms with Gasteiger partial charge in [0.15, 0.2) is 0 Å². The van der Waals surface area contributed by atoms with E-state index in [0.717, 1.165) is 11.3 Å². The zero-order chi connectivity index (χ0) is 35.5. The van der Waals surface area contributed by atoms with Crippen LogP contribution in [0, 0.1) is 6.92 Å². The van der Waals surface area contributed by atoms with Crippen molar-refractivity contribution in [2.75, 3.05) is 28.8 Å². The van der Waals surface area contributed by atoms with Crippen LogP contribution < -0.4 is 21.3 Å². The van der Waals surface area contributed by atoms with E-state index in [4.69, 9.17) is 4.74 Å². The molecule has 5 rings (SSSR count). The number of esters is 1. The van der Waals surface area contributed by atoms with Gasteiger partial charge in [-0.05, 0) is 72.7 Å². The number of nitrogens with one attached hydrogen (secondary N) is 4. The van der Waals surface area contributed by atoms with Crippen molar-refractivity contribution in [1.82, 2.24) is 10.3 Å². The van der Waals surface area contributed by atoms with Gasteiger partial charge in [-0.3, -0.25) is 24.2 Å². The zero-order valence-corrected chi connectivity index (χ0v) is 28.5. The molecule has 2 aromatic heterocycles. The van der Waals surface area contributed by atoms with Gasteiger partial charge in [0.25, 0.3) is 17.7 Å². The highest BCUT2D eigenvalue weighted by molar-refractivity contribution is 8.00. The van der Waals surface area contributed by atoms with Crippen molar-refractivity contribution >= 4 is 75.1 Å². The third kappa shape index (κ3) is 9.30. The van der Waals surface area contributed by atoms with Crippen molar-refractivity contribution in [3.05, 3.63) is 142 Å². The van der Waals surface area contributed by atoms with Crippen LogP contribution in [-0.2, 0) is 14.3 Å². The molecule has 50 heavy (non-hydrogen) atoms. The van der Waals surface area contributed by atoms with Gasteiger partial charge in [-0.1, -0.05) is 48.5 Å². The molecule has 0 aliphatic heterocycles. The van der Waals surface area contributed by atoms with E-state index >= 15 is 0 Å². The number of pyridine rings is 1. The molecule has 5 aromatic rings. The molecule has 4 N–H and O–H groups in total. The number of ether oxygens (including phenoxy) is 1. The summed E-state index contributed by atoms with van der Waals surface area (Å²) >= 11 is 2.18. The molecule has 2 heterocycles. The summed E-state index contributed by atoms with van der Waals surface area (Å²) in [5, 5.41) is 11.2. The number of anilines is 3. The van der Waals surface area contributed by atoms with E-state index < -0.39 is 29.6 Å². The third-order valence-electron chi connectivity index (χ3n) is 7.01. The largest absolute Gasteiger partial charge is 0.465 e. The molecule has 0 bridgehead atoms. The van der Waals surface area contributed by atoms with E-state index in [-0.39, 0.29) is 26.9 Å². The summed E-state index contributed by atoms with van der Waals surface area (Å²) in [6, 6.07) is 27.7. The van der Waals surface area contributed by atoms with Crippen LogP contribution in [0.5, 0.6) is 0 Å². The first-order valence-electron chi connectivity index (χ1n) is 15.1. The highest BCUT2D eigenvalue weighted by atomic mass is 32.2. The van der Waals surface area contributed by atoms with Gasteiger partial charge < -0.3 is 26.0 Å². The van der Waals surface area contributed by atoms with Crippen LogP contribution in [0.4, 0.5) is 16.4 Å². The van der Waals surface area contributed by atoms with Gasteiger partial charge in [0.2, 0.25) is 5.91 Å². The van der Waals surface area contributed by atoms with Crippen LogP contribution in [0.2, 0.25) is 0 Å². The first kappa shape index (κ1) is 35.3. The van der Waals surface area contributed by atoms with Gasteiger partial charge in [-0.15, -0.1) is 23.1 Å². The van der Waals surface area contributed by atoms with E-state index in [0.29, 0.717) is 33.0 Å². The lowest BCUT2D eigenvalue weighted by atomic mass is 10.1. The van der Waals surface area contributed by atoms with Crippen LogP contribution in [0.25, 0.3) is 6.08 Å². The maximum Gasteiger partial charge on any atom is 0.341 e. The number of aromatic nitrogens is 1. The molecule has 0 aliphatic carbocycles. The summed E-state index contributed by atoms with van der Waals surface area (Å²) < 4.78 is 4.93. The molecule has 3 aromatic carbocycles. The monoisotopic (exact) mass is 705 g/mol. The number of thioether (sulfide) groups is 1. The zero-order valence-electron chi connectivity index (χ0n) is 26.9. The quantitative estimate of drug-likeness (QED) is 0.0641. The first-order valence-corrected chi connectivity index (χ1v) is 16.9. The van der Waals surface area contributed by atoms with Gasteiger partial charge in [-0.25, -0.2) is 4.79 Å². The number of methoxy groups -OCH3 is 1. The van der Waals surface area contributed by atoms with E-state index in [2.05, 4.69) is 26.3 Å². The van der Waals surface area contributed by atoms with Crippen molar-refractivity contribution in [2.24, 2.45) is 0 Å². The Morgan fingerprint density at radius 3 is 2.24 bits per heavy atom. The Morgan fingerprint density at radius 2 is 1.54 bits per heavy atom. The predicted octanol–water partition coefficient (Wildman–Crippen LogP) is 6.63. The summed E-state index contributed by atoms with van der Waals surface area (Å²) in [5.74, 6) is -2.58. The summed E-state index contributed by atoms with van der Waals surface area (Å²) in [6.45, 7) is 1.62. The van der Waals surface area contributed by atoms with E-state index in [9.17, 15) is 24.0 Å². The molecular formula is C37H31N5O6S2. The maximum atomic E-state index is 13.4. The summed E-state index contributed by atoms with van der Waals surface area (Å²) in [4.78, 5) is 70.1. The molecular weight excluding hydrogens is 675 g/mol. The highest BCUT2D eigenvalue weighted by Gasteiger charge is 2.26. The lowest BCUT2D eigenvalue weighted by Crippen LogP contribution is -2.30. The van der Waals surface area contributed by atoms with Gasteiger partial charge in [-0.2, -0.15) is 0 Å². The van der Waals surface area contributed by atoms with E-state index in [1.807, 2.05) is 6.07 Å². The van der Waals surface area contributed by atoms with Crippen molar-refractivity contribution in [1.29, 1.82) is 0 Å².